The molecule has 0 aliphatic rings. The number of hydrogen-bond acceptors (Lipinski definition) is 3. The fourth-order valence-corrected chi connectivity index (χ4v) is 2.80. The first-order chi connectivity index (χ1) is 12.9. The Labute approximate surface area is 161 Å². The summed E-state index contributed by atoms with van der Waals surface area (Å²) < 4.78 is 1.45. The standard InChI is InChI=1S/C21H17ClN2O3/c1-14(25)18-4-2-3-5-19(18)23-21(27)16-8-11-20(26)24(13-16)12-15-6-9-17(22)10-7-15/h2-11,13H,12H2,1H3,(H,23,27). The van der Waals surface area contributed by atoms with Crippen LogP contribution < -0.4 is 10.9 Å². The summed E-state index contributed by atoms with van der Waals surface area (Å²) in [6, 6.07) is 16.7. The van der Waals surface area contributed by atoms with Gasteiger partial charge in [-0.25, -0.2) is 0 Å². The van der Waals surface area contributed by atoms with Crippen molar-refractivity contribution < 1.29 is 9.59 Å². The number of pyridine rings is 1. The van der Waals surface area contributed by atoms with Crippen molar-refractivity contribution in [1.82, 2.24) is 4.57 Å². The molecule has 1 amide bonds. The SMILES string of the molecule is CC(=O)c1ccccc1NC(=O)c1ccc(=O)n(Cc2ccc(Cl)cc2)c1. The van der Waals surface area contributed by atoms with Gasteiger partial charge in [0, 0.05) is 22.8 Å². The maximum atomic E-state index is 12.6. The molecule has 136 valence electrons. The molecule has 1 aromatic heterocycles. The van der Waals surface area contributed by atoms with Gasteiger partial charge in [0.1, 0.15) is 0 Å². The molecule has 1 heterocycles. The number of anilines is 1. The minimum atomic E-state index is -0.395. The molecule has 0 atom stereocenters. The summed E-state index contributed by atoms with van der Waals surface area (Å²) in [4.78, 5) is 36.4. The molecular formula is C21H17ClN2O3. The van der Waals surface area contributed by atoms with E-state index in [-0.39, 0.29) is 11.3 Å². The number of amides is 1. The molecule has 0 spiro atoms. The second kappa shape index (κ2) is 8.01. The molecule has 3 aromatic rings. The number of carbonyl (C=O) groups is 2. The van der Waals surface area contributed by atoms with E-state index in [1.165, 1.54) is 29.8 Å². The van der Waals surface area contributed by atoms with Gasteiger partial charge in [0.2, 0.25) is 0 Å². The van der Waals surface area contributed by atoms with Gasteiger partial charge in [0.15, 0.2) is 5.78 Å². The first-order valence-corrected chi connectivity index (χ1v) is 8.68. The molecule has 27 heavy (non-hydrogen) atoms. The third-order valence-corrected chi connectivity index (χ3v) is 4.32. The van der Waals surface area contributed by atoms with Gasteiger partial charge >= 0.3 is 0 Å². The Morgan fingerprint density at radius 1 is 1.00 bits per heavy atom. The van der Waals surface area contributed by atoms with Crippen LogP contribution in [0.3, 0.4) is 0 Å². The van der Waals surface area contributed by atoms with Crippen LogP contribution in [0.15, 0.2) is 71.7 Å². The monoisotopic (exact) mass is 380 g/mol. The zero-order chi connectivity index (χ0) is 19.4. The summed E-state index contributed by atoms with van der Waals surface area (Å²) in [7, 11) is 0. The number of hydrogen-bond donors (Lipinski definition) is 1. The van der Waals surface area contributed by atoms with Crippen LogP contribution in [-0.4, -0.2) is 16.3 Å². The summed E-state index contributed by atoms with van der Waals surface area (Å²) in [6.07, 6.45) is 1.50. The van der Waals surface area contributed by atoms with E-state index in [4.69, 9.17) is 11.6 Å². The molecule has 0 aliphatic heterocycles. The van der Waals surface area contributed by atoms with Crippen molar-refractivity contribution in [3.05, 3.63) is 98.9 Å². The van der Waals surface area contributed by atoms with Gasteiger partial charge in [-0.05, 0) is 42.8 Å². The topological polar surface area (TPSA) is 68.2 Å². The van der Waals surface area contributed by atoms with Crippen molar-refractivity contribution in [3.63, 3.8) is 0 Å². The Balaban J connectivity index is 1.85. The molecule has 6 heteroatoms. The van der Waals surface area contributed by atoms with Crippen LogP contribution in [0.1, 0.15) is 33.2 Å². The zero-order valence-electron chi connectivity index (χ0n) is 14.6. The fraction of sp³-hybridized carbons (Fsp3) is 0.0952. The number of Topliss-reactive ketones (excluding diaryl/α,β-unsaturated/α-hetero) is 1. The minimum absolute atomic E-state index is 0.140. The normalized spacial score (nSPS) is 10.4. The largest absolute Gasteiger partial charge is 0.321 e. The molecule has 0 saturated carbocycles. The molecule has 0 unspecified atom stereocenters. The summed E-state index contributed by atoms with van der Waals surface area (Å²) in [5, 5.41) is 3.35. The highest BCUT2D eigenvalue weighted by Crippen LogP contribution is 2.17. The summed E-state index contributed by atoms with van der Waals surface area (Å²) >= 11 is 5.88. The molecular weight excluding hydrogens is 364 g/mol. The number of benzene rings is 2. The maximum Gasteiger partial charge on any atom is 0.257 e. The zero-order valence-corrected chi connectivity index (χ0v) is 15.4. The highest BCUT2D eigenvalue weighted by Gasteiger charge is 2.12. The second-order valence-electron chi connectivity index (χ2n) is 6.07. The molecule has 1 N–H and O–H groups in total. The van der Waals surface area contributed by atoms with E-state index >= 15 is 0 Å². The Morgan fingerprint density at radius 2 is 1.70 bits per heavy atom. The van der Waals surface area contributed by atoms with Gasteiger partial charge in [-0.15, -0.1) is 0 Å². The van der Waals surface area contributed by atoms with E-state index in [0.29, 0.717) is 28.4 Å². The molecule has 0 fully saturated rings. The second-order valence-corrected chi connectivity index (χ2v) is 6.50. The average Bonchev–Trinajstić information content (AvgIpc) is 2.65. The number of nitrogens with zero attached hydrogens (tertiary/aromatic N) is 1. The van der Waals surface area contributed by atoms with E-state index in [1.807, 2.05) is 12.1 Å². The van der Waals surface area contributed by atoms with Crippen LogP contribution in [0.5, 0.6) is 0 Å². The number of carbonyl (C=O) groups excluding carboxylic acids is 2. The number of rotatable bonds is 5. The van der Waals surface area contributed by atoms with Crippen LogP contribution >= 0.6 is 11.6 Å². The van der Waals surface area contributed by atoms with Crippen LogP contribution in [0.4, 0.5) is 5.69 Å². The van der Waals surface area contributed by atoms with Gasteiger partial charge in [0.25, 0.3) is 11.5 Å². The molecule has 0 bridgehead atoms. The number of halogens is 1. The predicted octanol–water partition coefficient (Wildman–Crippen LogP) is 4.00. The Hall–Kier alpha value is -3.18. The Bertz CT molecular complexity index is 1060. The summed E-state index contributed by atoms with van der Waals surface area (Å²) in [5.41, 5.74) is 1.86. The van der Waals surface area contributed by atoms with Gasteiger partial charge < -0.3 is 9.88 Å². The Morgan fingerprint density at radius 3 is 2.41 bits per heavy atom. The first-order valence-electron chi connectivity index (χ1n) is 8.30. The molecule has 5 nitrogen and oxygen atoms in total. The number of nitrogens with one attached hydrogen (secondary N) is 1. The highest BCUT2D eigenvalue weighted by molar-refractivity contribution is 6.30. The lowest BCUT2D eigenvalue weighted by Crippen LogP contribution is -2.23. The van der Waals surface area contributed by atoms with E-state index in [9.17, 15) is 14.4 Å². The van der Waals surface area contributed by atoms with Crippen molar-refractivity contribution in [1.29, 1.82) is 0 Å². The summed E-state index contributed by atoms with van der Waals surface area (Å²) in [6.45, 7) is 1.76. The van der Waals surface area contributed by atoms with Crippen LogP contribution in [0.2, 0.25) is 5.02 Å². The van der Waals surface area contributed by atoms with Crippen molar-refractivity contribution in [3.8, 4) is 0 Å². The van der Waals surface area contributed by atoms with E-state index in [1.54, 1.807) is 36.4 Å². The van der Waals surface area contributed by atoms with Crippen molar-refractivity contribution in [2.45, 2.75) is 13.5 Å². The maximum absolute atomic E-state index is 12.6. The Kier molecular flexibility index (Phi) is 5.52. The van der Waals surface area contributed by atoms with Crippen LogP contribution in [0, 0.1) is 0 Å². The smallest absolute Gasteiger partial charge is 0.257 e. The fourth-order valence-electron chi connectivity index (χ4n) is 2.67. The van der Waals surface area contributed by atoms with Gasteiger partial charge in [-0.1, -0.05) is 35.9 Å². The lowest BCUT2D eigenvalue weighted by atomic mass is 10.1. The van der Waals surface area contributed by atoms with E-state index in [0.717, 1.165) is 5.56 Å². The van der Waals surface area contributed by atoms with Crippen molar-refractivity contribution >= 4 is 29.0 Å². The van der Waals surface area contributed by atoms with E-state index < -0.39 is 5.91 Å². The number of para-hydroxylation sites is 1. The average molecular weight is 381 g/mol. The quantitative estimate of drug-likeness (QED) is 0.680. The number of ketones is 1. The molecule has 0 radical (unpaired) electrons. The lowest BCUT2D eigenvalue weighted by Gasteiger charge is -2.11. The van der Waals surface area contributed by atoms with Gasteiger partial charge in [0.05, 0.1) is 17.8 Å². The van der Waals surface area contributed by atoms with Crippen LogP contribution in [0.25, 0.3) is 0 Å². The molecule has 2 aromatic carbocycles. The van der Waals surface area contributed by atoms with Crippen molar-refractivity contribution in [2.24, 2.45) is 0 Å². The lowest BCUT2D eigenvalue weighted by molar-refractivity contribution is 0.101. The van der Waals surface area contributed by atoms with E-state index in [2.05, 4.69) is 5.32 Å². The number of aromatic nitrogens is 1. The van der Waals surface area contributed by atoms with Gasteiger partial charge in [-0.2, -0.15) is 0 Å². The summed E-state index contributed by atoms with van der Waals surface area (Å²) in [5.74, 6) is -0.535. The molecule has 0 saturated heterocycles. The van der Waals surface area contributed by atoms with Crippen molar-refractivity contribution in [2.75, 3.05) is 5.32 Å². The minimum Gasteiger partial charge on any atom is -0.321 e. The third kappa shape index (κ3) is 4.51. The highest BCUT2D eigenvalue weighted by atomic mass is 35.5. The van der Waals surface area contributed by atoms with Gasteiger partial charge in [-0.3, -0.25) is 14.4 Å². The van der Waals surface area contributed by atoms with Crippen LogP contribution in [-0.2, 0) is 6.54 Å². The first kappa shape index (κ1) is 18.6. The molecule has 3 rings (SSSR count). The molecule has 0 aliphatic carbocycles. The third-order valence-electron chi connectivity index (χ3n) is 4.07. The predicted molar refractivity (Wildman–Crippen MR) is 106 cm³/mol.